The summed E-state index contributed by atoms with van der Waals surface area (Å²) in [5, 5.41) is 2.60. The van der Waals surface area contributed by atoms with Gasteiger partial charge in [-0.1, -0.05) is 66.4 Å². The number of carbonyl (C=O) groups is 1. The quantitative estimate of drug-likeness (QED) is 0.663. The molecule has 3 rings (SSSR count). The number of rotatable bonds is 5. The number of ether oxygens (including phenoxy) is 1. The lowest BCUT2D eigenvalue weighted by molar-refractivity contribution is -0.115. The third kappa shape index (κ3) is 4.43. The molecule has 1 saturated heterocycles. The predicted molar refractivity (Wildman–Crippen MR) is 98.4 cm³/mol. The Kier molecular flexibility index (Phi) is 5.10. The van der Waals surface area contributed by atoms with Crippen LogP contribution in [0.4, 0.5) is 0 Å². The highest BCUT2D eigenvalue weighted by atomic mass is 32.2. The minimum Gasteiger partial charge on any atom is -0.493 e. The summed E-state index contributed by atoms with van der Waals surface area (Å²) in [5.41, 5.74) is 2.21. The molecule has 0 unspecified atom stereocenters. The maximum absolute atomic E-state index is 11.6. The van der Waals surface area contributed by atoms with Crippen LogP contribution in [-0.2, 0) is 11.2 Å². The Morgan fingerprint density at radius 3 is 2.48 bits per heavy atom. The van der Waals surface area contributed by atoms with Crippen molar-refractivity contribution in [3.05, 3.63) is 70.6 Å². The average Bonchev–Trinajstić information content (AvgIpc) is 2.88. The molecule has 0 aromatic heterocycles. The summed E-state index contributed by atoms with van der Waals surface area (Å²) < 4.78 is 6.25. The average molecular weight is 341 g/mol. The highest BCUT2D eigenvalue weighted by Gasteiger charge is 2.21. The SMILES string of the molecule is O=C1NC(=S)S/C1=C\c1ccc(OCCc2ccccc2)cc1. The normalized spacial score (nSPS) is 15.7. The number of nitrogens with one attached hydrogen (secondary N) is 1. The Morgan fingerprint density at radius 2 is 1.83 bits per heavy atom. The van der Waals surface area contributed by atoms with Crippen molar-refractivity contribution in [2.24, 2.45) is 0 Å². The molecule has 1 N–H and O–H groups in total. The summed E-state index contributed by atoms with van der Waals surface area (Å²) in [7, 11) is 0. The maximum atomic E-state index is 11.6. The fourth-order valence-corrected chi connectivity index (χ4v) is 3.21. The van der Waals surface area contributed by atoms with Crippen molar-refractivity contribution in [3.8, 4) is 5.75 Å². The van der Waals surface area contributed by atoms with Gasteiger partial charge < -0.3 is 10.1 Å². The third-order valence-corrected chi connectivity index (χ3v) is 4.48. The third-order valence-electron chi connectivity index (χ3n) is 3.32. The van der Waals surface area contributed by atoms with Gasteiger partial charge in [-0.05, 0) is 29.3 Å². The molecule has 1 aliphatic heterocycles. The number of hydrogen-bond donors (Lipinski definition) is 1. The van der Waals surface area contributed by atoms with Gasteiger partial charge in [-0.25, -0.2) is 0 Å². The van der Waals surface area contributed by atoms with Crippen LogP contribution in [0.1, 0.15) is 11.1 Å². The summed E-state index contributed by atoms with van der Waals surface area (Å²) in [5.74, 6) is 0.685. The predicted octanol–water partition coefficient (Wildman–Crippen LogP) is 3.80. The molecule has 1 aliphatic rings. The maximum Gasteiger partial charge on any atom is 0.263 e. The van der Waals surface area contributed by atoms with E-state index in [1.807, 2.05) is 48.5 Å². The minimum absolute atomic E-state index is 0.136. The molecule has 116 valence electrons. The molecule has 5 heteroatoms. The van der Waals surface area contributed by atoms with Crippen LogP contribution in [0, 0.1) is 0 Å². The van der Waals surface area contributed by atoms with E-state index >= 15 is 0 Å². The molecule has 1 amide bonds. The van der Waals surface area contributed by atoms with Gasteiger partial charge in [-0.15, -0.1) is 0 Å². The van der Waals surface area contributed by atoms with Gasteiger partial charge in [0.15, 0.2) is 0 Å². The van der Waals surface area contributed by atoms with Crippen LogP contribution in [0.2, 0.25) is 0 Å². The molecular formula is C18H15NO2S2. The van der Waals surface area contributed by atoms with Gasteiger partial charge >= 0.3 is 0 Å². The van der Waals surface area contributed by atoms with E-state index in [0.29, 0.717) is 15.8 Å². The van der Waals surface area contributed by atoms with E-state index < -0.39 is 0 Å². The van der Waals surface area contributed by atoms with Crippen LogP contribution in [0.25, 0.3) is 6.08 Å². The molecule has 1 fully saturated rings. The molecule has 0 radical (unpaired) electrons. The second kappa shape index (κ2) is 7.44. The fourth-order valence-electron chi connectivity index (χ4n) is 2.16. The smallest absolute Gasteiger partial charge is 0.263 e. The van der Waals surface area contributed by atoms with E-state index in [2.05, 4.69) is 17.4 Å². The van der Waals surface area contributed by atoms with Crippen LogP contribution >= 0.6 is 24.0 Å². The summed E-state index contributed by atoms with van der Waals surface area (Å²) in [4.78, 5) is 12.2. The number of thioether (sulfide) groups is 1. The lowest BCUT2D eigenvalue weighted by Crippen LogP contribution is -2.17. The number of thiocarbonyl (C=S) groups is 1. The van der Waals surface area contributed by atoms with Gasteiger partial charge in [0, 0.05) is 6.42 Å². The zero-order valence-electron chi connectivity index (χ0n) is 12.3. The summed E-state index contributed by atoms with van der Waals surface area (Å²) in [6.45, 7) is 0.636. The second-order valence-corrected chi connectivity index (χ2v) is 6.72. The molecule has 1 heterocycles. The molecular weight excluding hydrogens is 326 g/mol. The highest BCUT2D eigenvalue weighted by Crippen LogP contribution is 2.26. The molecule has 0 bridgehead atoms. The summed E-state index contributed by atoms with van der Waals surface area (Å²) in [6, 6.07) is 17.9. The molecule has 0 spiro atoms. The largest absolute Gasteiger partial charge is 0.493 e. The van der Waals surface area contributed by atoms with Crippen LogP contribution in [0.3, 0.4) is 0 Å². The van der Waals surface area contributed by atoms with E-state index in [4.69, 9.17) is 17.0 Å². The molecule has 23 heavy (non-hydrogen) atoms. The second-order valence-electron chi connectivity index (χ2n) is 5.01. The van der Waals surface area contributed by atoms with Crippen LogP contribution in [-0.4, -0.2) is 16.8 Å². The first-order valence-corrected chi connectivity index (χ1v) is 8.45. The topological polar surface area (TPSA) is 38.3 Å². The van der Waals surface area contributed by atoms with E-state index in [9.17, 15) is 4.79 Å². The van der Waals surface area contributed by atoms with Gasteiger partial charge in [0.05, 0.1) is 11.5 Å². The first-order chi connectivity index (χ1) is 11.2. The van der Waals surface area contributed by atoms with Crippen LogP contribution < -0.4 is 10.1 Å². The lowest BCUT2D eigenvalue weighted by atomic mass is 10.2. The number of benzene rings is 2. The van der Waals surface area contributed by atoms with Crippen LogP contribution in [0.5, 0.6) is 5.75 Å². The Bertz CT molecular complexity index is 739. The van der Waals surface area contributed by atoms with Gasteiger partial charge in [0.25, 0.3) is 5.91 Å². The number of carbonyl (C=O) groups excluding carboxylic acids is 1. The van der Waals surface area contributed by atoms with Crippen molar-refractivity contribution in [3.63, 3.8) is 0 Å². The first kappa shape index (κ1) is 15.8. The van der Waals surface area contributed by atoms with E-state index in [1.54, 1.807) is 0 Å². The molecule has 0 aliphatic carbocycles. The van der Waals surface area contributed by atoms with Gasteiger partial charge in [0.2, 0.25) is 0 Å². The summed E-state index contributed by atoms with van der Waals surface area (Å²) in [6.07, 6.45) is 2.70. The molecule has 2 aromatic rings. The minimum atomic E-state index is -0.136. The van der Waals surface area contributed by atoms with Crippen molar-refractivity contribution in [1.29, 1.82) is 0 Å². The van der Waals surface area contributed by atoms with Gasteiger partial charge in [-0.2, -0.15) is 0 Å². The standard InChI is InChI=1S/C18H15NO2S2/c20-17-16(23-18(22)19-17)12-14-6-8-15(9-7-14)21-11-10-13-4-2-1-3-5-13/h1-9,12H,10-11H2,(H,19,20,22)/b16-12-. The fraction of sp³-hybridized carbons (Fsp3) is 0.111. The van der Waals surface area contributed by atoms with E-state index in [0.717, 1.165) is 17.7 Å². The van der Waals surface area contributed by atoms with E-state index in [-0.39, 0.29) is 5.91 Å². The monoisotopic (exact) mass is 341 g/mol. The van der Waals surface area contributed by atoms with Gasteiger partial charge in [0.1, 0.15) is 10.1 Å². The molecule has 0 atom stereocenters. The van der Waals surface area contributed by atoms with Crippen molar-refractivity contribution in [2.45, 2.75) is 6.42 Å². The Morgan fingerprint density at radius 1 is 1.09 bits per heavy atom. The highest BCUT2D eigenvalue weighted by molar-refractivity contribution is 8.26. The van der Waals surface area contributed by atoms with Crippen molar-refractivity contribution in [1.82, 2.24) is 5.32 Å². The number of amides is 1. The van der Waals surface area contributed by atoms with Crippen molar-refractivity contribution < 1.29 is 9.53 Å². The molecule has 2 aromatic carbocycles. The Balaban J connectivity index is 1.56. The van der Waals surface area contributed by atoms with Gasteiger partial charge in [-0.3, -0.25) is 4.79 Å². The Labute approximate surface area is 144 Å². The lowest BCUT2D eigenvalue weighted by Gasteiger charge is -2.06. The zero-order chi connectivity index (χ0) is 16.1. The van der Waals surface area contributed by atoms with E-state index in [1.165, 1.54) is 17.3 Å². The van der Waals surface area contributed by atoms with Crippen LogP contribution in [0.15, 0.2) is 59.5 Å². The molecule has 0 saturated carbocycles. The zero-order valence-corrected chi connectivity index (χ0v) is 14.0. The van der Waals surface area contributed by atoms with Crippen molar-refractivity contribution in [2.75, 3.05) is 6.61 Å². The summed E-state index contributed by atoms with van der Waals surface area (Å²) >= 11 is 6.25. The number of hydrogen-bond acceptors (Lipinski definition) is 4. The molecule has 3 nitrogen and oxygen atoms in total. The van der Waals surface area contributed by atoms with Crippen molar-refractivity contribution >= 4 is 40.3 Å². The first-order valence-electron chi connectivity index (χ1n) is 7.22. The Hall–Kier alpha value is -2.11.